The normalized spacial score (nSPS) is 10.2. The Hall–Kier alpha value is -1.97. The van der Waals surface area contributed by atoms with Gasteiger partial charge in [0.25, 0.3) is 0 Å². The van der Waals surface area contributed by atoms with Crippen LogP contribution in [0.2, 0.25) is 0 Å². The Morgan fingerprint density at radius 2 is 2.07 bits per heavy atom. The predicted octanol–water partition coefficient (Wildman–Crippen LogP) is 1.53. The van der Waals surface area contributed by atoms with Crippen molar-refractivity contribution in [1.29, 1.82) is 0 Å². The van der Waals surface area contributed by atoms with Crippen LogP contribution in [0.15, 0.2) is 36.8 Å². The number of rotatable bonds is 3. The molecule has 0 radical (unpaired) electrons. The van der Waals surface area contributed by atoms with E-state index in [1.54, 1.807) is 31.5 Å². The average Bonchev–Trinajstić information content (AvgIpc) is 2.67. The lowest BCUT2D eigenvalue weighted by Crippen LogP contribution is -2.08. The molecule has 2 aromatic heterocycles. The van der Waals surface area contributed by atoms with Crippen LogP contribution in [0.1, 0.15) is 23.2 Å². The summed E-state index contributed by atoms with van der Waals surface area (Å²) in [5.41, 5.74) is 0.683. The summed E-state index contributed by atoms with van der Waals surface area (Å²) in [5, 5.41) is 0. The van der Waals surface area contributed by atoms with Crippen molar-refractivity contribution < 1.29 is 4.79 Å². The molecule has 0 unspecified atom stereocenters. The second-order valence-corrected chi connectivity index (χ2v) is 3.24. The number of aromatic nitrogens is 3. The van der Waals surface area contributed by atoms with Gasteiger partial charge in [0.2, 0.25) is 0 Å². The first-order valence-electron chi connectivity index (χ1n) is 4.69. The summed E-state index contributed by atoms with van der Waals surface area (Å²) in [6, 6.07) is 5.41. The van der Waals surface area contributed by atoms with Crippen molar-refractivity contribution >= 4 is 5.78 Å². The van der Waals surface area contributed by atoms with E-state index >= 15 is 0 Å². The number of carbonyl (C=O) groups is 1. The number of hydrogen-bond acceptors (Lipinski definition) is 3. The molecule has 2 heterocycles. The lowest BCUT2D eigenvalue weighted by Gasteiger charge is -2.04. The van der Waals surface area contributed by atoms with Crippen molar-refractivity contribution in [2.45, 2.75) is 13.5 Å². The SMILES string of the molecule is CC(=O)c1cccn1Cc1ncccn1. The summed E-state index contributed by atoms with van der Waals surface area (Å²) in [6.45, 7) is 2.08. The third kappa shape index (κ3) is 2.10. The van der Waals surface area contributed by atoms with Crippen LogP contribution in [0.25, 0.3) is 0 Å². The van der Waals surface area contributed by atoms with E-state index in [-0.39, 0.29) is 5.78 Å². The molecule has 2 aromatic rings. The molecule has 4 heteroatoms. The van der Waals surface area contributed by atoms with Crippen LogP contribution in [0.3, 0.4) is 0 Å². The van der Waals surface area contributed by atoms with E-state index in [1.807, 2.05) is 16.8 Å². The highest BCUT2D eigenvalue weighted by molar-refractivity contribution is 5.92. The van der Waals surface area contributed by atoms with Gasteiger partial charge in [0, 0.05) is 25.5 Å². The van der Waals surface area contributed by atoms with Crippen LogP contribution in [0.4, 0.5) is 0 Å². The molecule has 0 saturated carbocycles. The molecule has 0 spiro atoms. The first-order valence-corrected chi connectivity index (χ1v) is 4.69. The van der Waals surface area contributed by atoms with Gasteiger partial charge in [0.1, 0.15) is 5.82 Å². The fourth-order valence-electron chi connectivity index (χ4n) is 1.44. The molecule has 0 aliphatic carbocycles. The van der Waals surface area contributed by atoms with Crippen molar-refractivity contribution in [1.82, 2.24) is 14.5 Å². The summed E-state index contributed by atoms with van der Waals surface area (Å²) >= 11 is 0. The Morgan fingerprint density at radius 3 is 2.73 bits per heavy atom. The molecule has 76 valence electrons. The molecule has 0 amide bonds. The fraction of sp³-hybridized carbons (Fsp3) is 0.182. The smallest absolute Gasteiger partial charge is 0.176 e. The van der Waals surface area contributed by atoms with Crippen molar-refractivity contribution in [2.75, 3.05) is 0 Å². The van der Waals surface area contributed by atoms with Crippen LogP contribution in [-0.2, 0) is 6.54 Å². The third-order valence-electron chi connectivity index (χ3n) is 2.12. The molecule has 0 aromatic carbocycles. The molecule has 15 heavy (non-hydrogen) atoms. The van der Waals surface area contributed by atoms with E-state index in [9.17, 15) is 4.79 Å². The van der Waals surface area contributed by atoms with E-state index in [4.69, 9.17) is 0 Å². The van der Waals surface area contributed by atoms with Crippen molar-refractivity contribution in [3.05, 3.63) is 48.3 Å². The highest BCUT2D eigenvalue weighted by Crippen LogP contribution is 2.05. The minimum atomic E-state index is 0.0518. The maximum Gasteiger partial charge on any atom is 0.176 e. The van der Waals surface area contributed by atoms with Gasteiger partial charge < -0.3 is 4.57 Å². The van der Waals surface area contributed by atoms with Gasteiger partial charge in [-0.05, 0) is 18.2 Å². The molecule has 2 rings (SSSR count). The van der Waals surface area contributed by atoms with Crippen LogP contribution in [-0.4, -0.2) is 20.3 Å². The second-order valence-electron chi connectivity index (χ2n) is 3.24. The number of Topliss-reactive ketones (excluding diaryl/α,β-unsaturated/α-hetero) is 1. The van der Waals surface area contributed by atoms with Crippen molar-refractivity contribution in [2.24, 2.45) is 0 Å². The Labute approximate surface area is 87.6 Å². The Balaban J connectivity index is 2.25. The fourth-order valence-corrected chi connectivity index (χ4v) is 1.44. The summed E-state index contributed by atoms with van der Waals surface area (Å²) in [7, 11) is 0. The van der Waals surface area contributed by atoms with Gasteiger partial charge in [-0.3, -0.25) is 4.79 Å². The molecule has 0 fully saturated rings. The van der Waals surface area contributed by atoms with Crippen LogP contribution < -0.4 is 0 Å². The van der Waals surface area contributed by atoms with Gasteiger partial charge in [-0.2, -0.15) is 0 Å². The van der Waals surface area contributed by atoms with Crippen LogP contribution in [0.5, 0.6) is 0 Å². The molecule has 4 nitrogen and oxygen atoms in total. The zero-order chi connectivity index (χ0) is 10.7. The van der Waals surface area contributed by atoms with Crippen LogP contribution in [0, 0.1) is 0 Å². The minimum Gasteiger partial charge on any atom is -0.337 e. The molecular weight excluding hydrogens is 190 g/mol. The second kappa shape index (κ2) is 4.04. The number of nitrogens with zero attached hydrogens (tertiary/aromatic N) is 3. The number of carbonyl (C=O) groups excluding carboxylic acids is 1. The van der Waals surface area contributed by atoms with Gasteiger partial charge in [0.05, 0.1) is 12.2 Å². The van der Waals surface area contributed by atoms with Gasteiger partial charge in [0.15, 0.2) is 5.78 Å². The van der Waals surface area contributed by atoms with Gasteiger partial charge >= 0.3 is 0 Å². The average molecular weight is 201 g/mol. The van der Waals surface area contributed by atoms with E-state index < -0.39 is 0 Å². The largest absolute Gasteiger partial charge is 0.337 e. The molecule has 0 N–H and O–H groups in total. The first kappa shape index (κ1) is 9.58. The zero-order valence-corrected chi connectivity index (χ0v) is 8.42. The predicted molar refractivity (Wildman–Crippen MR) is 55.6 cm³/mol. The maximum atomic E-state index is 11.3. The summed E-state index contributed by atoms with van der Waals surface area (Å²) in [5.74, 6) is 0.757. The topological polar surface area (TPSA) is 47.8 Å². The number of hydrogen-bond donors (Lipinski definition) is 0. The summed E-state index contributed by atoms with van der Waals surface area (Å²) in [6.07, 6.45) is 5.24. The molecule has 0 bridgehead atoms. The van der Waals surface area contributed by atoms with Gasteiger partial charge in [-0.25, -0.2) is 9.97 Å². The van der Waals surface area contributed by atoms with Gasteiger partial charge in [-0.15, -0.1) is 0 Å². The van der Waals surface area contributed by atoms with E-state index in [2.05, 4.69) is 9.97 Å². The van der Waals surface area contributed by atoms with E-state index in [0.717, 1.165) is 0 Å². The Kier molecular flexibility index (Phi) is 2.58. The van der Waals surface area contributed by atoms with Gasteiger partial charge in [-0.1, -0.05) is 0 Å². The van der Waals surface area contributed by atoms with Crippen molar-refractivity contribution in [3.8, 4) is 0 Å². The molecule has 0 atom stereocenters. The quantitative estimate of drug-likeness (QED) is 0.707. The lowest BCUT2D eigenvalue weighted by atomic mass is 10.3. The molecule has 0 saturated heterocycles. The van der Waals surface area contributed by atoms with Crippen LogP contribution >= 0.6 is 0 Å². The maximum absolute atomic E-state index is 11.3. The summed E-state index contributed by atoms with van der Waals surface area (Å²) in [4.78, 5) is 19.5. The summed E-state index contributed by atoms with van der Waals surface area (Å²) < 4.78 is 1.84. The Bertz CT molecular complexity index is 462. The number of ketones is 1. The highest BCUT2D eigenvalue weighted by Gasteiger charge is 2.06. The highest BCUT2D eigenvalue weighted by atomic mass is 16.1. The minimum absolute atomic E-state index is 0.0518. The third-order valence-corrected chi connectivity index (χ3v) is 2.12. The molecule has 0 aliphatic heterocycles. The monoisotopic (exact) mass is 201 g/mol. The van der Waals surface area contributed by atoms with E-state index in [0.29, 0.717) is 18.1 Å². The van der Waals surface area contributed by atoms with Crippen molar-refractivity contribution in [3.63, 3.8) is 0 Å². The standard InChI is InChI=1S/C11H11N3O/c1-9(15)10-4-2-7-14(10)8-11-12-5-3-6-13-11/h2-7H,8H2,1H3. The Morgan fingerprint density at radius 1 is 1.33 bits per heavy atom. The molecular formula is C11H11N3O. The zero-order valence-electron chi connectivity index (χ0n) is 8.42. The lowest BCUT2D eigenvalue weighted by molar-refractivity contribution is 0.100. The first-order chi connectivity index (χ1) is 7.27. The van der Waals surface area contributed by atoms with E-state index in [1.165, 1.54) is 0 Å². The molecule has 0 aliphatic rings.